The van der Waals surface area contributed by atoms with Gasteiger partial charge in [-0.15, -0.1) is 0 Å². The van der Waals surface area contributed by atoms with E-state index in [1.807, 2.05) is 57.2 Å². The number of carbonyl (C=O) groups is 2. The third-order valence-electron chi connectivity index (χ3n) is 5.56. The van der Waals surface area contributed by atoms with Gasteiger partial charge >= 0.3 is 6.09 Å². The van der Waals surface area contributed by atoms with Crippen molar-refractivity contribution in [1.82, 2.24) is 10.2 Å². The van der Waals surface area contributed by atoms with Crippen LogP contribution in [-0.4, -0.2) is 22.5 Å². The first-order chi connectivity index (χ1) is 13.8. The number of ether oxygens (including phenoxy) is 1. The maximum Gasteiger partial charge on any atom is 0.411 e. The minimum atomic E-state index is -0.671. The van der Waals surface area contributed by atoms with Crippen LogP contribution in [0.3, 0.4) is 0 Å². The average molecular weight is 392 g/mol. The summed E-state index contributed by atoms with van der Waals surface area (Å²) in [5, 5.41) is 3.22. The van der Waals surface area contributed by atoms with E-state index in [0.29, 0.717) is 6.54 Å². The quantitative estimate of drug-likeness (QED) is 0.808. The molecule has 1 unspecified atom stereocenters. The second kappa shape index (κ2) is 7.54. The van der Waals surface area contributed by atoms with Crippen LogP contribution in [-0.2, 0) is 22.5 Å². The molecule has 0 spiro atoms. The summed E-state index contributed by atoms with van der Waals surface area (Å²) in [7, 11) is 0. The summed E-state index contributed by atoms with van der Waals surface area (Å²) in [6.45, 7) is 5.89. The Morgan fingerprint density at radius 1 is 1.00 bits per heavy atom. The number of fused-ring (bicyclic) bond motifs is 2. The lowest BCUT2D eigenvalue weighted by molar-refractivity contribution is -0.127. The van der Waals surface area contributed by atoms with Crippen molar-refractivity contribution < 1.29 is 14.3 Å². The molecule has 1 N–H and O–H groups in total. The molecular weight excluding hydrogens is 364 g/mol. The van der Waals surface area contributed by atoms with Crippen molar-refractivity contribution in [3.63, 3.8) is 0 Å². The second-order valence-electron chi connectivity index (χ2n) is 8.86. The predicted molar refractivity (Wildman–Crippen MR) is 111 cm³/mol. The van der Waals surface area contributed by atoms with Crippen molar-refractivity contribution in [2.45, 2.75) is 64.3 Å². The van der Waals surface area contributed by atoms with Gasteiger partial charge in [-0.25, -0.2) is 4.79 Å². The summed E-state index contributed by atoms with van der Waals surface area (Å²) < 4.78 is 5.59. The Morgan fingerprint density at radius 2 is 1.66 bits per heavy atom. The summed E-state index contributed by atoms with van der Waals surface area (Å²) in [5.74, 6) is -0.150. The number of aryl methyl sites for hydroxylation is 1. The number of benzene rings is 2. The molecule has 29 heavy (non-hydrogen) atoms. The van der Waals surface area contributed by atoms with Crippen LogP contribution in [0.1, 0.15) is 68.0 Å². The molecule has 0 saturated heterocycles. The number of carbonyl (C=O) groups excluding carboxylic acids is 2. The van der Waals surface area contributed by atoms with Gasteiger partial charge in [0.1, 0.15) is 11.6 Å². The van der Waals surface area contributed by atoms with Crippen LogP contribution >= 0.6 is 0 Å². The molecule has 152 valence electrons. The summed E-state index contributed by atoms with van der Waals surface area (Å²) in [4.78, 5) is 27.8. The van der Waals surface area contributed by atoms with Gasteiger partial charge in [-0.1, -0.05) is 48.5 Å². The molecule has 0 saturated carbocycles. The highest BCUT2D eigenvalue weighted by atomic mass is 16.6. The highest BCUT2D eigenvalue weighted by molar-refractivity contribution is 5.89. The Bertz CT molecular complexity index is 932. The van der Waals surface area contributed by atoms with E-state index in [1.165, 1.54) is 11.1 Å². The van der Waals surface area contributed by atoms with E-state index in [2.05, 4.69) is 17.4 Å². The van der Waals surface area contributed by atoms with Crippen molar-refractivity contribution >= 4 is 12.0 Å². The van der Waals surface area contributed by atoms with Gasteiger partial charge in [0.15, 0.2) is 0 Å². The van der Waals surface area contributed by atoms with Crippen molar-refractivity contribution in [3.8, 4) is 0 Å². The number of nitrogens with zero attached hydrogens (tertiary/aromatic N) is 1. The van der Waals surface area contributed by atoms with Gasteiger partial charge in [0.25, 0.3) is 0 Å². The minimum Gasteiger partial charge on any atom is -0.444 e. The Morgan fingerprint density at radius 3 is 2.38 bits per heavy atom. The molecule has 0 radical (unpaired) electrons. The van der Waals surface area contributed by atoms with E-state index in [9.17, 15) is 9.59 Å². The molecule has 2 aromatic carbocycles. The van der Waals surface area contributed by atoms with Crippen molar-refractivity contribution in [3.05, 3.63) is 70.8 Å². The summed E-state index contributed by atoms with van der Waals surface area (Å²) in [6.07, 6.45) is 2.53. The molecule has 2 amide bonds. The smallest absolute Gasteiger partial charge is 0.411 e. The van der Waals surface area contributed by atoms with Crippen LogP contribution in [0.15, 0.2) is 48.5 Å². The van der Waals surface area contributed by atoms with Gasteiger partial charge in [0.05, 0.1) is 12.6 Å². The molecular formula is C24H28N2O3. The van der Waals surface area contributed by atoms with Gasteiger partial charge in [0, 0.05) is 0 Å². The molecule has 5 heteroatoms. The number of amides is 2. The van der Waals surface area contributed by atoms with E-state index < -0.39 is 17.7 Å². The minimum absolute atomic E-state index is 0.0271. The summed E-state index contributed by atoms with van der Waals surface area (Å²) in [6, 6.07) is 15.3. The Hall–Kier alpha value is -2.82. The Balaban J connectivity index is 1.60. The van der Waals surface area contributed by atoms with E-state index >= 15 is 0 Å². The first-order valence-electron chi connectivity index (χ1n) is 10.3. The van der Waals surface area contributed by atoms with Crippen LogP contribution in [0.4, 0.5) is 4.79 Å². The Labute approximate surface area is 172 Å². The number of hydrogen-bond donors (Lipinski definition) is 1. The normalized spacial score (nSPS) is 20.6. The number of nitrogens with one attached hydrogen (secondary N) is 1. The third-order valence-corrected chi connectivity index (χ3v) is 5.56. The molecule has 1 aliphatic heterocycles. The van der Waals surface area contributed by atoms with E-state index in [1.54, 1.807) is 4.90 Å². The predicted octanol–water partition coefficient (Wildman–Crippen LogP) is 4.67. The van der Waals surface area contributed by atoms with E-state index in [-0.39, 0.29) is 11.9 Å². The van der Waals surface area contributed by atoms with Crippen molar-refractivity contribution in [2.24, 2.45) is 0 Å². The van der Waals surface area contributed by atoms with Gasteiger partial charge < -0.3 is 10.1 Å². The van der Waals surface area contributed by atoms with E-state index in [0.717, 1.165) is 30.4 Å². The lowest BCUT2D eigenvalue weighted by atomic mass is 9.87. The molecule has 0 fully saturated rings. The average Bonchev–Trinajstić information content (AvgIpc) is 3.07. The standard InChI is InChI=1S/C24H28N2O3/c1-24(2,3)29-23(28)26-15-17-10-5-7-13-19(17)21(26)22(27)25-20-14-8-11-16-9-4-6-12-18(16)20/h4-7,9-10,12-13,20-21H,8,11,14-15H2,1-3H3,(H,25,27)/t20-,21?/m1/s1. The highest BCUT2D eigenvalue weighted by Crippen LogP contribution is 2.36. The van der Waals surface area contributed by atoms with Gasteiger partial charge in [-0.3, -0.25) is 9.69 Å². The lowest BCUT2D eigenvalue weighted by Gasteiger charge is -2.31. The van der Waals surface area contributed by atoms with Crippen LogP contribution in [0.5, 0.6) is 0 Å². The maximum atomic E-state index is 13.4. The number of rotatable bonds is 2. The van der Waals surface area contributed by atoms with Crippen LogP contribution < -0.4 is 5.32 Å². The molecule has 4 rings (SSSR count). The topological polar surface area (TPSA) is 58.6 Å². The van der Waals surface area contributed by atoms with Crippen molar-refractivity contribution in [1.29, 1.82) is 0 Å². The van der Waals surface area contributed by atoms with Crippen LogP contribution in [0.2, 0.25) is 0 Å². The molecule has 2 aromatic rings. The first kappa shape index (κ1) is 19.5. The maximum absolute atomic E-state index is 13.4. The van der Waals surface area contributed by atoms with Gasteiger partial charge in [-0.2, -0.15) is 0 Å². The second-order valence-corrected chi connectivity index (χ2v) is 8.86. The summed E-state index contributed by atoms with van der Waals surface area (Å²) in [5.41, 5.74) is 3.72. The molecule has 1 aliphatic carbocycles. The fourth-order valence-corrected chi connectivity index (χ4v) is 4.32. The van der Waals surface area contributed by atoms with Crippen LogP contribution in [0.25, 0.3) is 0 Å². The third kappa shape index (κ3) is 4.00. The fraction of sp³-hybridized carbons (Fsp3) is 0.417. The monoisotopic (exact) mass is 392 g/mol. The molecule has 5 nitrogen and oxygen atoms in total. The van der Waals surface area contributed by atoms with Gasteiger partial charge in [-0.05, 0) is 62.3 Å². The summed E-state index contributed by atoms with van der Waals surface area (Å²) >= 11 is 0. The molecule has 2 atom stereocenters. The lowest BCUT2D eigenvalue weighted by Crippen LogP contribution is -2.43. The van der Waals surface area contributed by atoms with Crippen molar-refractivity contribution in [2.75, 3.05) is 0 Å². The molecule has 0 aromatic heterocycles. The zero-order chi connectivity index (χ0) is 20.6. The van der Waals surface area contributed by atoms with E-state index in [4.69, 9.17) is 4.74 Å². The molecule has 1 heterocycles. The first-order valence-corrected chi connectivity index (χ1v) is 10.3. The zero-order valence-electron chi connectivity index (χ0n) is 17.3. The van der Waals surface area contributed by atoms with Gasteiger partial charge in [0.2, 0.25) is 5.91 Å². The fourth-order valence-electron chi connectivity index (χ4n) is 4.32. The molecule has 0 bridgehead atoms. The number of hydrogen-bond acceptors (Lipinski definition) is 3. The largest absolute Gasteiger partial charge is 0.444 e. The zero-order valence-corrected chi connectivity index (χ0v) is 17.3. The molecule has 2 aliphatic rings. The highest BCUT2D eigenvalue weighted by Gasteiger charge is 2.41. The van der Waals surface area contributed by atoms with Crippen LogP contribution in [0, 0.1) is 0 Å². The Kier molecular flexibility index (Phi) is 5.07. The SMILES string of the molecule is CC(C)(C)OC(=O)N1Cc2ccccc2C1C(=O)N[C@@H]1CCCc2ccccc21.